The summed E-state index contributed by atoms with van der Waals surface area (Å²) < 4.78 is 6.15. The third-order valence-corrected chi connectivity index (χ3v) is 4.63. The van der Waals surface area contributed by atoms with Gasteiger partial charge in [-0.15, -0.1) is 11.3 Å². The molecule has 2 aromatic heterocycles. The van der Waals surface area contributed by atoms with Gasteiger partial charge in [-0.1, -0.05) is 11.6 Å². The molecule has 0 aliphatic rings. The lowest BCUT2D eigenvalue weighted by Crippen LogP contribution is -2.04. The van der Waals surface area contributed by atoms with Crippen LogP contribution in [-0.4, -0.2) is 16.2 Å². The van der Waals surface area contributed by atoms with Gasteiger partial charge in [0.25, 0.3) is 0 Å². The highest BCUT2D eigenvalue weighted by atomic mass is 79.9. The molecule has 0 aliphatic heterocycles. The van der Waals surface area contributed by atoms with Crippen LogP contribution in [0.4, 0.5) is 0 Å². The Morgan fingerprint density at radius 2 is 2.29 bits per heavy atom. The Hall–Kier alpha value is -0.820. The first kappa shape index (κ1) is 12.6. The van der Waals surface area contributed by atoms with E-state index in [4.69, 9.17) is 21.1 Å². The molecule has 0 fully saturated rings. The number of hydrogen-bond donors (Lipinski definition) is 2. The lowest BCUT2D eigenvalue weighted by molar-refractivity contribution is 0.0688. The number of aliphatic hydroxyl groups excluding tert-OH is 1. The van der Waals surface area contributed by atoms with Crippen LogP contribution >= 0.6 is 38.9 Å². The highest BCUT2D eigenvalue weighted by Crippen LogP contribution is 2.38. The van der Waals surface area contributed by atoms with Crippen molar-refractivity contribution >= 4 is 44.8 Å². The second kappa shape index (κ2) is 4.81. The highest BCUT2D eigenvalue weighted by Gasteiger charge is 2.24. The molecule has 0 saturated heterocycles. The minimum atomic E-state index is -1.14. The molecule has 4 nitrogen and oxygen atoms in total. The van der Waals surface area contributed by atoms with E-state index in [1.54, 1.807) is 6.07 Å². The molecular formula is C10H6BrClO4S. The fourth-order valence-electron chi connectivity index (χ4n) is 1.34. The maximum Gasteiger partial charge on any atom is 0.339 e. The number of carbonyl (C=O) groups is 1. The summed E-state index contributed by atoms with van der Waals surface area (Å²) in [6, 6.07) is 2.93. The summed E-state index contributed by atoms with van der Waals surface area (Å²) in [7, 11) is 0. The number of aromatic carboxylic acids is 1. The van der Waals surface area contributed by atoms with E-state index in [0.29, 0.717) is 13.7 Å². The second-order valence-corrected chi connectivity index (χ2v) is 5.72. The fraction of sp³-hybridized carbons (Fsp3) is 0.100. The molecule has 2 heterocycles. The zero-order valence-electron chi connectivity index (χ0n) is 8.18. The van der Waals surface area contributed by atoms with Crippen molar-refractivity contribution in [2.75, 3.05) is 0 Å². The van der Waals surface area contributed by atoms with Crippen LogP contribution in [0.3, 0.4) is 0 Å². The fourth-order valence-corrected chi connectivity index (χ4v) is 3.06. The number of hydrogen-bond acceptors (Lipinski definition) is 4. The van der Waals surface area contributed by atoms with Gasteiger partial charge < -0.3 is 14.6 Å². The quantitative estimate of drug-likeness (QED) is 0.899. The summed E-state index contributed by atoms with van der Waals surface area (Å²) in [4.78, 5) is 11.4. The standard InChI is InChI=1S/C10H6BrClO4S/c11-5-3-6(17-9(5)12)7(13)8-4(10(14)15)1-2-16-8/h1-3,7,13H,(H,14,15). The number of rotatable bonds is 3. The van der Waals surface area contributed by atoms with Gasteiger partial charge in [0, 0.05) is 9.35 Å². The van der Waals surface area contributed by atoms with E-state index in [-0.39, 0.29) is 11.3 Å². The SMILES string of the molecule is O=C(O)c1ccoc1C(O)c1cc(Br)c(Cl)s1. The molecule has 0 saturated carbocycles. The molecule has 7 heteroatoms. The molecule has 90 valence electrons. The summed E-state index contributed by atoms with van der Waals surface area (Å²) in [5.74, 6) is -1.14. The molecular weight excluding hydrogens is 332 g/mol. The Morgan fingerprint density at radius 3 is 2.82 bits per heavy atom. The third-order valence-electron chi connectivity index (χ3n) is 2.11. The zero-order chi connectivity index (χ0) is 12.6. The Bertz CT molecular complexity index is 543. The number of thiophene rings is 1. The first-order chi connectivity index (χ1) is 8.00. The largest absolute Gasteiger partial charge is 0.478 e. The Kier molecular flexibility index (Phi) is 3.58. The van der Waals surface area contributed by atoms with Crippen LogP contribution in [0.1, 0.15) is 27.1 Å². The van der Waals surface area contributed by atoms with Gasteiger partial charge in [-0.2, -0.15) is 0 Å². The van der Waals surface area contributed by atoms with Gasteiger partial charge in [0.15, 0.2) is 5.76 Å². The number of carboxylic acids is 1. The molecule has 0 radical (unpaired) electrons. The first-order valence-corrected chi connectivity index (χ1v) is 6.43. The van der Waals surface area contributed by atoms with Gasteiger partial charge in [-0.05, 0) is 28.1 Å². The zero-order valence-corrected chi connectivity index (χ0v) is 11.3. The molecule has 0 amide bonds. The predicted molar refractivity (Wildman–Crippen MR) is 66.8 cm³/mol. The van der Waals surface area contributed by atoms with Gasteiger partial charge in [0.05, 0.1) is 6.26 Å². The molecule has 1 atom stereocenters. The number of carboxylic acid groups (broad SMARTS) is 1. The van der Waals surface area contributed by atoms with Crippen LogP contribution in [0.5, 0.6) is 0 Å². The molecule has 0 aromatic carbocycles. The predicted octanol–water partition coefficient (Wildman–Crippen LogP) is 3.54. The van der Waals surface area contributed by atoms with Crippen LogP contribution in [0, 0.1) is 0 Å². The molecule has 2 aromatic rings. The van der Waals surface area contributed by atoms with Crippen LogP contribution in [0.15, 0.2) is 27.3 Å². The second-order valence-electron chi connectivity index (χ2n) is 3.18. The molecule has 17 heavy (non-hydrogen) atoms. The van der Waals surface area contributed by atoms with E-state index in [0.717, 1.165) is 11.3 Å². The molecule has 2 N–H and O–H groups in total. The van der Waals surface area contributed by atoms with Crippen molar-refractivity contribution < 1.29 is 19.4 Å². The average Bonchev–Trinajstić information content (AvgIpc) is 2.85. The normalized spacial score (nSPS) is 12.6. The van der Waals surface area contributed by atoms with Crippen molar-refractivity contribution in [1.82, 2.24) is 0 Å². The topological polar surface area (TPSA) is 70.7 Å². The van der Waals surface area contributed by atoms with Crippen molar-refractivity contribution in [3.63, 3.8) is 0 Å². The summed E-state index contributed by atoms with van der Waals surface area (Å²) in [6.07, 6.45) is 0.0941. The van der Waals surface area contributed by atoms with Gasteiger partial charge >= 0.3 is 5.97 Å². The summed E-state index contributed by atoms with van der Waals surface area (Å²) in [5.41, 5.74) is -0.0573. The summed E-state index contributed by atoms with van der Waals surface area (Å²) in [6.45, 7) is 0. The smallest absolute Gasteiger partial charge is 0.339 e. The number of aliphatic hydroxyl groups is 1. The Morgan fingerprint density at radius 1 is 1.59 bits per heavy atom. The minimum Gasteiger partial charge on any atom is -0.478 e. The summed E-state index contributed by atoms with van der Waals surface area (Å²) >= 11 is 10.2. The van der Waals surface area contributed by atoms with Crippen molar-refractivity contribution in [2.24, 2.45) is 0 Å². The van der Waals surface area contributed by atoms with Crippen LogP contribution in [0.2, 0.25) is 4.34 Å². The number of furan rings is 1. The van der Waals surface area contributed by atoms with E-state index in [1.807, 2.05) is 0 Å². The van der Waals surface area contributed by atoms with E-state index in [1.165, 1.54) is 12.3 Å². The maximum absolute atomic E-state index is 10.9. The highest BCUT2D eigenvalue weighted by molar-refractivity contribution is 9.10. The maximum atomic E-state index is 10.9. The lowest BCUT2D eigenvalue weighted by atomic mass is 10.1. The first-order valence-electron chi connectivity index (χ1n) is 4.44. The average molecular weight is 338 g/mol. The van der Waals surface area contributed by atoms with Gasteiger partial charge in [-0.3, -0.25) is 0 Å². The summed E-state index contributed by atoms with van der Waals surface area (Å²) in [5, 5.41) is 18.9. The molecule has 1 unspecified atom stereocenters. The lowest BCUT2D eigenvalue weighted by Gasteiger charge is -2.05. The van der Waals surface area contributed by atoms with E-state index in [9.17, 15) is 9.90 Å². The van der Waals surface area contributed by atoms with Crippen molar-refractivity contribution in [3.8, 4) is 0 Å². The van der Waals surface area contributed by atoms with Crippen LogP contribution < -0.4 is 0 Å². The Labute approximate surface area is 114 Å². The minimum absolute atomic E-state index is 0.00270. The monoisotopic (exact) mass is 336 g/mol. The molecule has 0 bridgehead atoms. The van der Waals surface area contributed by atoms with E-state index >= 15 is 0 Å². The van der Waals surface area contributed by atoms with Crippen molar-refractivity contribution in [3.05, 3.63) is 43.4 Å². The number of halogens is 2. The van der Waals surface area contributed by atoms with Crippen molar-refractivity contribution in [1.29, 1.82) is 0 Å². The van der Waals surface area contributed by atoms with Crippen LogP contribution in [-0.2, 0) is 0 Å². The van der Waals surface area contributed by atoms with Crippen LogP contribution in [0.25, 0.3) is 0 Å². The van der Waals surface area contributed by atoms with Gasteiger partial charge in [0.1, 0.15) is 16.0 Å². The van der Waals surface area contributed by atoms with Crippen molar-refractivity contribution in [2.45, 2.75) is 6.10 Å². The Balaban J connectivity index is 2.40. The molecule has 2 rings (SSSR count). The van der Waals surface area contributed by atoms with Gasteiger partial charge in [-0.25, -0.2) is 4.79 Å². The van der Waals surface area contributed by atoms with Gasteiger partial charge in [0.2, 0.25) is 0 Å². The van der Waals surface area contributed by atoms with E-state index < -0.39 is 12.1 Å². The third kappa shape index (κ3) is 2.40. The molecule has 0 spiro atoms. The van der Waals surface area contributed by atoms with E-state index in [2.05, 4.69) is 15.9 Å². The molecule has 0 aliphatic carbocycles.